The fourth-order valence-electron chi connectivity index (χ4n) is 3.01. The van der Waals surface area contributed by atoms with E-state index in [0.717, 1.165) is 37.5 Å². The van der Waals surface area contributed by atoms with E-state index in [-0.39, 0.29) is 0 Å². The van der Waals surface area contributed by atoms with E-state index in [2.05, 4.69) is 19.2 Å². The summed E-state index contributed by atoms with van der Waals surface area (Å²) in [4.78, 5) is 0. The predicted octanol–water partition coefficient (Wildman–Crippen LogP) is 3.09. The highest BCUT2D eigenvalue weighted by Crippen LogP contribution is 2.34. The van der Waals surface area contributed by atoms with E-state index in [9.17, 15) is 0 Å². The van der Waals surface area contributed by atoms with Crippen LogP contribution in [0.25, 0.3) is 0 Å². The Morgan fingerprint density at radius 1 is 1.11 bits per heavy atom. The van der Waals surface area contributed by atoms with Gasteiger partial charge in [-0.1, -0.05) is 26.7 Å². The molecule has 3 heteroatoms. The van der Waals surface area contributed by atoms with Gasteiger partial charge in [-0.25, -0.2) is 0 Å². The molecule has 0 amide bonds. The average molecular weight is 271 g/mol. The summed E-state index contributed by atoms with van der Waals surface area (Å²) in [6, 6.07) is 0. The van der Waals surface area contributed by atoms with Crippen LogP contribution in [0.4, 0.5) is 0 Å². The zero-order chi connectivity index (χ0) is 13.9. The molecule has 1 fully saturated rings. The number of hydrogen-bond donors (Lipinski definition) is 1. The van der Waals surface area contributed by atoms with Crippen LogP contribution < -0.4 is 5.32 Å². The van der Waals surface area contributed by atoms with Crippen LogP contribution >= 0.6 is 0 Å². The first-order chi connectivity index (χ1) is 9.24. The van der Waals surface area contributed by atoms with Crippen molar-refractivity contribution in [2.45, 2.75) is 46.0 Å². The molecular weight excluding hydrogens is 238 g/mol. The summed E-state index contributed by atoms with van der Waals surface area (Å²) in [6.07, 6.45) is 6.80. The van der Waals surface area contributed by atoms with Crippen molar-refractivity contribution >= 4 is 0 Å². The molecule has 1 rings (SSSR count). The van der Waals surface area contributed by atoms with Crippen LogP contribution in [0.2, 0.25) is 0 Å². The second kappa shape index (κ2) is 10.6. The first-order valence-corrected chi connectivity index (χ1v) is 8.01. The Morgan fingerprint density at radius 2 is 1.89 bits per heavy atom. The Kier molecular flexibility index (Phi) is 9.48. The molecule has 1 aliphatic rings. The molecule has 19 heavy (non-hydrogen) atoms. The molecule has 1 saturated carbocycles. The van der Waals surface area contributed by atoms with Gasteiger partial charge < -0.3 is 14.8 Å². The lowest BCUT2D eigenvalue weighted by molar-refractivity contribution is 0.0665. The third kappa shape index (κ3) is 7.91. The summed E-state index contributed by atoms with van der Waals surface area (Å²) in [5.74, 6) is 2.58. The summed E-state index contributed by atoms with van der Waals surface area (Å²) in [5, 5.41) is 3.63. The summed E-state index contributed by atoms with van der Waals surface area (Å²) >= 11 is 0. The first kappa shape index (κ1) is 16.9. The third-order valence-electron chi connectivity index (χ3n) is 4.07. The molecule has 0 heterocycles. The minimum atomic E-state index is 0.713. The standard InChI is InChI=1S/C16H33NO2/c1-14(2)12-17-13-16-7-4-6-15(16)8-5-9-19-11-10-18-3/h14-17H,4-13H2,1-3H3. The van der Waals surface area contributed by atoms with Crippen LogP contribution in [0.3, 0.4) is 0 Å². The van der Waals surface area contributed by atoms with Gasteiger partial charge in [-0.05, 0) is 50.1 Å². The Hall–Kier alpha value is -0.120. The highest BCUT2D eigenvalue weighted by molar-refractivity contribution is 4.79. The lowest BCUT2D eigenvalue weighted by Crippen LogP contribution is -2.28. The van der Waals surface area contributed by atoms with Crippen molar-refractivity contribution in [3.05, 3.63) is 0 Å². The van der Waals surface area contributed by atoms with Crippen LogP contribution in [0.5, 0.6) is 0 Å². The molecule has 0 radical (unpaired) electrons. The molecule has 2 atom stereocenters. The van der Waals surface area contributed by atoms with Gasteiger partial charge in [0.1, 0.15) is 0 Å². The fraction of sp³-hybridized carbons (Fsp3) is 1.00. The number of rotatable bonds is 11. The molecule has 1 N–H and O–H groups in total. The van der Waals surface area contributed by atoms with Crippen LogP contribution in [-0.4, -0.2) is 40.0 Å². The van der Waals surface area contributed by atoms with E-state index in [0.29, 0.717) is 6.61 Å². The maximum Gasteiger partial charge on any atom is 0.0700 e. The molecule has 0 aliphatic heterocycles. The zero-order valence-corrected chi connectivity index (χ0v) is 13.1. The molecule has 0 aromatic rings. The van der Waals surface area contributed by atoms with Crippen molar-refractivity contribution in [2.24, 2.45) is 17.8 Å². The highest BCUT2D eigenvalue weighted by atomic mass is 16.5. The van der Waals surface area contributed by atoms with Gasteiger partial charge in [0.2, 0.25) is 0 Å². The van der Waals surface area contributed by atoms with Gasteiger partial charge in [0.05, 0.1) is 13.2 Å². The summed E-state index contributed by atoms with van der Waals surface area (Å²) in [5.41, 5.74) is 0. The quantitative estimate of drug-likeness (QED) is 0.586. The maximum absolute atomic E-state index is 5.54. The van der Waals surface area contributed by atoms with E-state index >= 15 is 0 Å². The molecule has 0 spiro atoms. The van der Waals surface area contributed by atoms with E-state index in [1.54, 1.807) is 7.11 Å². The number of hydrogen-bond acceptors (Lipinski definition) is 3. The van der Waals surface area contributed by atoms with Crippen molar-refractivity contribution in [2.75, 3.05) is 40.0 Å². The van der Waals surface area contributed by atoms with Crippen molar-refractivity contribution < 1.29 is 9.47 Å². The minimum Gasteiger partial charge on any atom is -0.382 e. The van der Waals surface area contributed by atoms with Gasteiger partial charge in [0.15, 0.2) is 0 Å². The Balaban J connectivity index is 2.04. The molecule has 0 aromatic heterocycles. The number of nitrogens with one attached hydrogen (secondary N) is 1. The predicted molar refractivity (Wildman–Crippen MR) is 80.5 cm³/mol. The van der Waals surface area contributed by atoms with E-state index in [1.807, 2.05) is 0 Å². The average Bonchev–Trinajstić information content (AvgIpc) is 2.81. The largest absolute Gasteiger partial charge is 0.382 e. The van der Waals surface area contributed by atoms with Gasteiger partial charge in [-0.2, -0.15) is 0 Å². The second-order valence-electron chi connectivity index (χ2n) is 6.25. The van der Waals surface area contributed by atoms with Gasteiger partial charge in [-0.15, -0.1) is 0 Å². The SMILES string of the molecule is COCCOCCCC1CCCC1CNCC(C)C. The molecule has 0 saturated heterocycles. The number of ether oxygens (including phenoxy) is 2. The molecule has 2 unspecified atom stereocenters. The van der Waals surface area contributed by atoms with Crippen LogP contribution in [-0.2, 0) is 9.47 Å². The summed E-state index contributed by atoms with van der Waals surface area (Å²) in [6.45, 7) is 9.27. The Labute approximate surface area is 119 Å². The summed E-state index contributed by atoms with van der Waals surface area (Å²) < 4.78 is 10.5. The van der Waals surface area contributed by atoms with E-state index < -0.39 is 0 Å². The van der Waals surface area contributed by atoms with Gasteiger partial charge >= 0.3 is 0 Å². The molecule has 114 valence electrons. The topological polar surface area (TPSA) is 30.5 Å². The third-order valence-corrected chi connectivity index (χ3v) is 4.07. The normalized spacial score (nSPS) is 23.4. The van der Waals surface area contributed by atoms with Gasteiger partial charge in [0, 0.05) is 13.7 Å². The molecular formula is C16H33NO2. The van der Waals surface area contributed by atoms with Gasteiger partial charge in [-0.3, -0.25) is 0 Å². The number of methoxy groups -OCH3 is 1. The Morgan fingerprint density at radius 3 is 2.63 bits per heavy atom. The lowest BCUT2D eigenvalue weighted by atomic mass is 9.91. The molecule has 0 aromatic carbocycles. The minimum absolute atomic E-state index is 0.713. The fourth-order valence-corrected chi connectivity index (χ4v) is 3.01. The second-order valence-corrected chi connectivity index (χ2v) is 6.25. The van der Waals surface area contributed by atoms with Crippen LogP contribution in [0, 0.1) is 17.8 Å². The van der Waals surface area contributed by atoms with Crippen LogP contribution in [0.15, 0.2) is 0 Å². The molecule has 0 bridgehead atoms. The Bertz CT molecular complexity index is 209. The molecule has 1 aliphatic carbocycles. The van der Waals surface area contributed by atoms with E-state index in [1.165, 1.54) is 38.6 Å². The smallest absolute Gasteiger partial charge is 0.0700 e. The van der Waals surface area contributed by atoms with Crippen LogP contribution in [0.1, 0.15) is 46.0 Å². The lowest BCUT2D eigenvalue weighted by Gasteiger charge is -2.20. The summed E-state index contributed by atoms with van der Waals surface area (Å²) in [7, 11) is 1.72. The van der Waals surface area contributed by atoms with Crippen molar-refractivity contribution in [1.82, 2.24) is 5.32 Å². The molecule has 3 nitrogen and oxygen atoms in total. The van der Waals surface area contributed by atoms with Crippen molar-refractivity contribution in [3.8, 4) is 0 Å². The first-order valence-electron chi connectivity index (χ1n) is 8.01. The highest BCUT2D eigenvalue weighted by Gasteiger charge is 2.26. The maximum atomic E-state index is 5.54. The monoisotopic (exact) mass is 271 g/mol. The van der Waals surface area contributed by atoms with Gasteiger partial charge in [0.25, 0.3) is 0 Å². The van der Waals surface area contributed by atoms with E-state index in [4.69, 9.17) is 9.47 Å². The zero-order valence-electron chi connectivity index (χ0n) is 13.1. The van der Waals surface area contributed by atoms with Crippen molar-refractivity contribution in [3.63, 3.8) is 0 Å². The van der Waals surface area contributed by atoms with Crippen molar-refractivity contribution in [1.29, 1.82) is 0 Å².